The number of aromatic amines is 1. The zero-order valence-corrected chi connectivity index (χ0v) is 12.5. The third kappa shape index (κ3) is 2.03. The van der Waals surface area contributed by atoms with Gasteiger partial charge in [0.1, 0.15) is 11.3 Å². The lowest BCUT2D eigenvalue weighted by Gasteiger charge is -2.04. The number of hydrogen-bond acceptors (Lipinski definition) is 4. The number of imidazole rings is 1. The molecule has 0 saturated carbocycles. The van der Waals surface area contributed by atoms with Gasteiger partial charge in [-0.05, 0) is 31.6 Å². The molecule has 0 unspecified atom stereocenters. The summed E-state index contributed by atoms with van der Waals surface area (Å²) < 4.78 is 4.59. The number of rotatable bonds is 3. The third-order valence-corrected chi connectivity index (χ3v) is 3.63. The molecule has 0 spiro atoms. The fourth-order valence-electron chi connectivity index (χ4n) is 2.43. The predicted octanol–water partition coefficient (Wildman–Crippen LogP) is 2.14. The van der Waals surface area contributed by atoms with E-state index in [9.17, 15) is 0 Å². The lowest BCUT2D eigenvalue weighted by Crippen LogP contribution is -2.06. The number of nitrogens with one attached hydrogen (secondary N) is 1. The Morgan fingerprint density at radius 3 is 2.90 bits per heavy atom. The van der Waals surface area contributed by atoms with Gasteiger partial charge in [0, 0.05) is 13.2 Å². The third-order valence-electron chi connectivity index (χ3n) is 3.31. The van der Waals surface area contributed by atoms with E-state index in [1.807, 2.05) is 29.3 Å². The van der Waals surface area contributed by atoms with Crippen molar-refractivity contribution < 1.29 is 0 Å². The van der Waals surface area contributed by atoms with Crippen molar-refractivity contribution in [2.75, 3.05) is 0 Å². The molecule has 6 nitrogen and oxygen atoms in total. The van der Waals surface area contributed by atoms with Crippen LogP contribution in [0.5, 0.6) is 0 Å². The second kappa shape index (κ2) is 4.82. The Hall–Kier alpha value is -2.02. The molecule has 104 valence electrons. The molecule has 0 aliphatic heterocycles. The number of fused-ring (bicyclic) bond motifs is 1. The monoisotopic (exact) mass is 288 g/mol. The van der Waals surface area contributed by atoms with E-state index in [1.54, 1.807) is 6.20 Å². The Balaban J connectivity index is 2.14. The molecule has 3 heterocycles. The van der Waals surface area contributed by atoms with Crippen LogP contribution in [0.4, 0.5) is 0 Å². The molecule has 0 aliphatic carbocycles. The molecule has 0 radical (unpaired) electrons. The van der Waals surface area contributed by atoms with Gasteiger partial charge in [-0.15, -0.1) is 0 Å². The van der Waals surface area contributed by atoms with Crippen LogP contribution in [-0.4, -0.2) is 29.3 Å². The standard InChI is InChI=1S/C13H16N6S/c1-4-10-11-12(18(3)17-10)19(13(20)16-11)7-9-5-6-14-8(2)15-9/h5-6H,4,7H2,1-3H3,(H,16,20). The molecule has 3 aromatic heterocycles. The number of nitrogens with zero attached hydrogens (tertiary/aromatic N) is 5. The van der Waals surface area contributed by atoms with Gasteiger partial charge in [-0.3, -0.25) is 9.25 Å². The SMILES string of the molecule is CCc1nn(C)c2c1[nH]c(=S)n2Cc1ccnc(C)n1. The van der Waals surface area contributed by atoms with E-state index in [1.165, 1.54) is 0 Å². The number of aryl methyl sites for hydroxylation is 3. The van der Waals surface area contributed by atoms with E-state index < -0.39 is 0 Å². The molecule has 0 aliphatic rings. The molecule has 0 bridgehead atoms. The minimum atomic E-state index is 0.616. The van der Waals surface area contributed by atoms with E-state index in [2.05, 4.69) is 27.0 Å². The summed E-state index contributed by atoms with van der Waals surface area (Å²) in [5.74, 6) is 0.764. The maximum Gasteiger partial charge on any atom is 0.179 e. The van der Waals surface area contributed by atoms with Crippen LogP contribution < -0.4 is 0 Å². The molecule has 0 fully saturated rings. The summed E-state index contributed by atoms with van der Waals surface area (Å²) in [4.78, 5) is 11.8. The van der Waals surface area contributed by atoms with Gasteiger partial charge in [0.05, 0.1) is 17.9 Å². The summed E-state index contributed by atoms with van der Waals surface area (Å²) >= 11 is 5.43. The van der Waals surface area contributed by atoms with Gasteiger partial charge in [-0.1, -0.05) is 6.92 Å². The Bertz CT molecular complexity index is 825. The van der Waals surface area contributed by atoms with Crippen LogP contribution in [0, 0.1) is 11.7 Å². The number of H-pyrrole nitrogens is 1. The average molecular weight is 288 g/mol. The Labute approximate surface area is 121 Å². The first kappa shape index (κ1) is 13.0. The highest BCUT2D eigenvalue weighted by molar-refractivity contribution is 7.71. The molecule has 0 aromatic carbocycles. The molecule has 0 saturated heterocycles. The highest BCUT2D eigenvalue weighted by atomic mass is 32.1. The van der Waals surface area contributed by atoms with Crippen molar-refractivity contribution in [1.82, 2.24) is 29.3 Å². The van der Waals surface area contributed by atoms with Crippen LogP contribution in [0.15, 0.2) is 12.3 Å². The smallest absolute Gasteiger partial charge is 0.179 e. The van der Waals surface area contributed by atoms with Crippen LogP contribution in [0.2, 0.25) is 0 Å². The van der Waals surface area contributed by atoms with E-state index in [-0.39, 0.29) is 0 Å². The molecular weight excluding hydrogens is 272 g/mol. The molecule has 20 heavy (non-hydrogen) atoms. The van der Waals surface area contributed by atoms with Gasteiger partial charge in [0.25, 0.3) is 0 Å². The molecule has 0 atom stereocenters. The highest BCUT2D eigenvalue weighted by Crippen LogP contribution is 2.19. The van der Waals surface area contributed by atoms with Crippen molar-refractivity contribution in [3.63, 3.8) is 0 Å². The van der Waals surface area contributed by atoms with Gasteiger partial charge in [-0.25, -0.2) is 9.97 Å². The summed E-state index contributed by atoms with van der Waals surface area (Å²) in [6.07, 6.45) is 2.64. The minimum Gasteiger partial charge on any atom is -0.328 e. The molecule has 3 aromatic rings. The van der Waals surface area contributed by atoms with E-state index >= 15 is 0 Å². The summed E-state index contributed by atoms with van der Waals surface area (Å²) in [7, 11) is 1.94. The Kier molecular flexibility index (Phi) is 3.13. The summed E-state index contributed by atoms with van der Waals surface area (Å²) in [5, 5.41) is 4.51. The first-order valence-corrected chi connectivity index (χ1v) is 6.94. The fourth-order valence-corrected chi connectivity index (χ4v) is 2.68. The summed E-state index contributed by atoms with van der Waals surface area (Å²) in [6.45, 7) is 4.59. The molecule has 7 heteroatoms. The highest BCUT2D eigenvalue weighted by Gasteiger charge is 2.14. The predicted molar refractivity (Wildman–Crippen MR) is 79.1 cm³/mol. The maximum absolute atomic E-state index is 5.43. The van der Waals surface area contributed by atoms with Crippen LogP contribution in [0.25, 0.3) is 11.2 Å². The second-order valence-corrected chi connectivity index (χ2v) is 5.12. The minimum absolute atomic E-state index is 0.616. The first-order chi connectivity index (χ1) is 9.60. The normalized spacial score (nSPS) is 11.3. The van der Waals surface area contributed by atoms with Crippen LogP contribution >= 0.6 is 12.2 Å². The Morgan fingerprint density at radius 2 is 2.20 bits per heavy atom. The van der Waals surface area contributed by atoms with Crippen molar-refractivity contribution in [2.45, 2.75) is 26.8 Å². The molecule has 3 rings (SSSR count). The summed E-state index contributed by atoms with van der Waals surface area (Å²) in [6, 6.07) is 1.91. The quantitative estimate of drug-likeness (QED) is 0.750. The largest absolute Gasteiger partial charge is 0.328 e. The van der Waals surface area contributed by atoms with E-state index in [0.717, 1.165) is 34.8 Å². The van der Waals surface area contributed by atoms with Crippen molar-refractivity contribution in [1.29, 1.82) is 0 Å². The van der Waals surface area contributed by atoms with Gasteiger partial charge in [0.2, 0.25) is 0 Å². The zero-order valence-electron chi connectivity index (χ0n) is 11.7. The van der Waals surface area contributed by atoms with Gasteiger partial charge < -0.3 is 4.98 Å². The lowest BCUT2D eigenvalue weighted by atomic mass is 10.3. The van der Waals surface area contributed by atoms with E-state index in [4.69, 9.17) is 12.2 Å². The van der Waals surface area contributed by atoms with Gasteiger partial charge in [0.15, 0.2) is 10.4 Å². The van der Waals surface area contributed by atoms with Crippen molar-refractivity contribution in [3.05, 3.63) is 34.2 Å². The second-order valence-electron chi connectivity index (χ2n) is 4.73. The topological polar surface area (TPSA) is 64.3 Å². The van der Waals surface area contributed by atoms with Crippen LogP contribution in [0.3, 0.4) is 0 Å². The average Bonchev–Trinajstić information content (AvgIpc) is 2.88. The van der Waals surface area contributed by atoms with Crippen LogP contribution in [-0.2, 0) is 20.0 Å². The van der Waals surface area contributed by atoms with Crippen molar-refractivity contribution >= 4 is 23.4 Å². The van der Waals surface area contributed by atoms with Gasteiger partial charge in [-0.2, -0.15) is 5.10 Å². The van der Waals surface area contributed by atoms with E-state index in [0.29, 0.717) is 11.3 Å². The lowest BCUT2D eigenvalue weighted by molar-refractivity contribution is 0.699. The first-order valence-electron chi connectivity index (χ1n) is 6.53. The van der Waals surface area contributed by atoms with Crippen molar-refractivity contribution in [3.8, 4) is 0 Å². The zero-order chi connectivity index (χ0) is 14.3. The number of hydrogen-bond donors (Lipinski definition) is 1. The maximum atomic E-state index is 5.43. The van der Waals surface area contributed by atoms with Gasteiger partial charge >= 0.3 is 0 Å². The fraction of sp³-hybridized carbons (Fsp3) is 0.385. The molecular formula is C13H16N6S. The van der Waals surface area contributed by atoms with Crippen LogP contribution in [0.1, 0.15) is 24.1 Å². The Morgan fingerprint density at radius 1 is 1.40 bits per heavy atom. The number of aromatic nitrogens is 6. The summed E-state index contributed by atoms with van der Waals surface area (Å²) in [5.41, 5.74) is 3.99. The molecule has 0 amide bonds. The van der Waals surface area contributed by atoms with Crippen molar-refractivity contribution in [2.24, 2.45) is 7.05 Å². The molecule has 1 N–H and O–H groups in total.